The lowest BCUT2D eigenvalue weighted by atomic mass is 10.0. The molecule has 0 atom stereocenters. The number of hydrogen-bond acceptors (Lipinski definition) is 4. The van der Waals surface area contributed by atoms with Crippen molar-refractivity contribution < 1.29 is 22.4 Å². The highest BCUT2D eigenvalue weighted by molar-refractivity contribution is 7.89. The number of carbonyl (C=O) groups excluding carboxylic acids is 2. The van der Waals surface area contributed by atoms with Crippen LogP contribution in [0, 0.1) is 5.82 Å². The van der Waals surface area contributed by atoms with Gasteiger partial charge in [0.15, 0.2) is 0 Å². The number of aryl methyl sites for hydroxylation is 1. The van der Waals surface area contributed by atoms with Crippen LogP contribution in [0.3, 0.4) is 0 Å². The van der Waals surface area contributed by atoms with Crippen LogP contribution in [-0.2, 0) is 26.0 Å². The molecule has 0 spiro atoms. The number of hydrogen-bond donors (Lipinski definition) is 1. The molecule has 2 aromatic carbocycles. The molecule has 3 rings (SSSR count). The topological polar surface area (TPSA) is 86.8 Å². The van der Waals surface area contributed by atoms with Crippen molar-refractivity contribution in [2.45, 2.75) is 37.5 Å². The summed E-state index contributed by atoms with van der Waals surface area (Å²) in [7, 11) is -2.30. The van der Waals surface area contributed by atoms with Gasteiger partial charge in [0.2, 0.25) is 21.8 Å². The summed E-state index contributed by atoms with van der Waals surface area (Å²) < 4.78 is 39.2. The van der Waals surface area contributed by atoms with Gasteiger partial charge in [-0.3, -0.25) is 9.59 Å². The molecule has 2 aromatic rings. The van der Waals surface area contributed by atoms with Gasteiger partial charge in [-0.1, -0.05) is 0 Å². The highest BCUT2D eigenvalue weighted by atomic mass is 32.2. The van der Waals surface area contributed by atoms with E-state index in [9.17, 15) is 22.4 Å². The Kier molecular flexibility index (Phi) is 7.07. The van der Waals surface area contributed by atoms with Crippen LogP contribution in [0.4, 0.5) is 15.8 Å². The van der Waals surface area contributed by atoms with Crippen LogP contribution in [0.1, 0.15) is 31.7 Å². The second-order valence-corrected chi connectivity index (χ2v) is 9.59. The van der Waals surface area contributed by atoms with E-state index in [1.807, 2.05) is 12.1 Å². The van der Waals surface area contributed by atoms with Crippen molar-refractivity contribution in [2.24, 2.45) is 0 Å². The largest absolute Gasteiger partial charge is 0.326 e. The molecule has 1 heterocycles. The lowest BCUT2D eigenvalue weighted by Gasteiger charge is -2.29. The first-order valence-electron chi connectivity index (χ1n) is 10.1. The highest BCUT2D eigenvalue weighted by Gasteiger charge is 2.22. The molecular weight excluding hydrogens is 421 g/mol. The fourth-order valence-electron chi connectivity index (χ4n) is 3.59. The van der Waals surface area contributed by atoms with Crippen LogP contribution in [0.5, 0.6) is 0 Å². The monoisotopic (exact) mass is 447 g/mol. The molecule has 0 unspecified atom stereocenters. The van der Waals surface area contributed by atoms with E-state index in [4.69, 9.17) is 0 Å². The summed E-state index contributed by atoms with van der Waals surface area (Å²) in [5, 5.41) is 2.83. The van der Waals surface area contributed by atoms with Gasteiger partial charge >= 0.3 is 0 Å². The lowest BCUT2D eigenvalue weighted by Crippen LogP contribution is -2.33. The van der Waals surface area contributed by atoms with E-state index in [-0.39, 0.29) is 29.7 Å². The van der Waals surface area contributed by atoms with E-state index < -0.39 is 15.8 Å². The molecule has 0 bridgehead atoms. The Balaban J connectivity index is 1.53. The quantitative estimate of drug-likeness (QED) is 0.706. The first-order chi connectivity index (χ1) is 14.7. The van der Waals surface area contributed by atoms with Crippen LogP contribution in [-0.4, -0.2) is 44.7 Å². The molecule has 0 fully saturated rings. The lowest BCUT2D eigenvalue weighted by molar-refractivity contribution is -0.117. The van der Waals surface area contributed by atoms with Crippen LogP contribution in [0.25, 0.3) is 0 Å². The molecule has 2 amide bonds. The smallest absolute Gasteiger partial charge is 0.242 e. The normalized spacial score (nSPS) is 13.7. The molecule has 1 aliphatic heterocycles. The number of halogens is 1. The van der Waals surface area contributed by atoms with E-state index in [1.165, 1.54) is 26.1 Å². The Morgan fingerprint density at radius 3 is 2.55 bits per heavy atom. The number of nitrogens with one attached hydrogen (secondary N) is 1. The Hall–Kier alpha value is -2.78. The number of fused-ring (bicyclic) bond motifs is 1. The van der Waals surface area contributed by atoms with E-state index in [0.29, 0.717) is 18.7 Å². The molecule has 0 aromatic heterocycles. The maximum absolute atomic E-state index is 13.0. The number of carbonyl (C=O) groups is 2. The van der Waals surface area contributed by atoms with Crippen molar-refractivity contribution in [1.29, 1.82) is 0 Å². The first-order valence-corrected chi connectivity index (χ1v) is 11.6. The summed E-state index contributed by atoms with van der Waals surface area (Å²) >= 11 is 0. The van der Waals surface area contributed by atoms with Gasteiger partial charge in [0.25, 0.3) is 0 Å². The summed E-state index contributed by atoms with van der Waals surface area (Å²) in [5.74, 6) is -0.723. The standard InChI is InChI=1S/C22H26FN3O4S/c1-16(27)26-14-3-5-17-15-19(9-12-21(17)26)24-22(28)6-4-13-25(2)31(29,30)20-10-7-18(23)8-11-20/h7-12,15H,3-6,13-14H2,1-2H3,(H,24,28). The Morgan fingerprint density at radius 1 is 1.16 bits per heavy atom. The van der Waals surface area contributed by atoms with Gasteiger partial charge in [-0.15, -0.1) is 0 Å². The molecule has 1 aliphatic rings. The minimum absolute atomic E-state index is 0.00237. The fourth-order valence-corrected chi connectivity index (χ4v) is 4.80. The molecular formula is C22H26FN3O4S. The third kappa shape index (κ3) is 5.48. The second kappa shape index (κ2) is 9.57. The van der Waals surface area contributed by atoms with E-state index in [2.05, 4.69) is 5.32 Å². The van der Waals surface area contributed by atoms with Crippen molar-refractivity contribution in [3.05, 3.63) is 53.8 Å². The maximum atomic E-state index is 13.0. The third-order valence-electron chi connectivity index (χ3n) is 5.26. The second-order valence-electron chi connectivity index (χ2n) is 7.55. The van der Waals surface area contributed by atoms with Gasteiger partial charge < -0.3 is 10.2 Å². The van der Waals surface area contributed by atoms with Gasteiger partial charge in [-0.05, 0) is 67.3 Å². The molecule has 1 N–H and O–H groups in total. The van der Waals surface area contributed by atoms with E-state index >= 15 is 0 Å². The average Bonchev–Trinajstić information content (AvgIpc) is 2.73. The molecule has 0 saturated carbocycles. The van der Waals surface area contributed by atoms with Crippen molar-refractivity contribution in [1.82, 2.24) is 4.31 Å². The number of amides is 2. The van der Waals surface area contributed by atoms with Crippen molar-refractivity contribution >= 4 is 33.2 Å². The number of anilines is 2. The van der Waals surface area contributed by atoms with E-state index in [0.717, 1.165) is 40.5 Å². The Labute approximate surface area is 181 Å². The SMILES string of the molecule is CC(=O)N1CCCc2cc(NC(=O)CCCN(C)S(=O)(=O)c3ccc(F)cc3)ccc21. The maximum Gasteiger partial charge on any atom is 0.242 e. The zero-order valence-corrected chi connectivity index (χ0v) is 18.4. The van der Waals surface area contributed by atoms with Crippen molar-refractivity contribution in [3.63, 3.8) is 0 Å². The summed E-state index contributed by atoms with van der Waals surface area (Å²) in [6, 6.07) is 10.1. The predicted molar refractivity (Wildman–Crippen MR) is 117 cm³/mol. The van der Waals surface area contributed by atoms with Crippen LogP contribution in [0.15, 0.2) is 47.4 Å². The fraction of sp³-hybridized carbons (Fsp3) is 0.364. The van der Waals surface area contributed by atoms with Gasteiger partial charge in [0.05, 0.1) is 4.90 Å². The predicted octanol–water partition coefficient (Wildman–Crippen LogP) is 3.16. The summed E-state index contributed by atoms with van der Waals surface area (Å²) in [5.41, 5.74) is 2.55. The molecule has 7 nitrogen and oxygen atoms in total. The first kappa shape index (κ1) is 22.9. The van der Waals surface area contributed by atoms with Gasteiger partial charge in [-0.25, -0.2) is 17.1 Å². The van der Waals surface area contributed by atoms with Crippen molar-refractivity contribution in [3.8, 4) is 0 Å². The number of rotatable bonds is 7. The van der Waals surface area contributed by atoms with Gasteiger partial charge in [0.1, 0.15) is 5.82 Å². The average molecular weight is 448 g/mol. The summed E-state index contributed by atoms with van der Waals surface area (Å²) in [6.45, 7) is 2.39. The number of sulfonamides is 1. The Morgan fingerprint density at radius 2 is 1.87 bits per heavy atom. The molecule has 0 saturated heterocycles. The van der Waals surface area contributed by atoms with E-state index in [1.54, 1.807) is 11.0 Å². The number of benzene rings is 2. The minimum atomic E-state index is -3.73. The highest BCUT2D eigenvalue weighted by Crippen LogP contribution is 2.29. The number of nitrogens with zero attached hydrogens (tertiary/aromatic N) is 2. The molecule has 0 radical (unpaired) electrons. The third-order valence-corrected chi connectivity index (χ3v) is 7.13. The van der Waals surface area contributed by atoms with Crippen LogP contribution >= 0.6 is 0 Å². The van der Waals surface area contributed by atoms with Crippen LogP contribution < -0.4 is 10.2 Å². The minimum Gasteiger partial charge on any atom is -0.326 e. The summed E-state index contributed by atoms with van der Waals surface area (Å²) in [4.78, 5) is 25.8. The zero-order chi connectivity index (χ0) is 22.6. The molecule has 9 heteroatoms. The van der Waals surface area contributed by atoms with Crippen molar-refractivity contribution in [2.75, 3.05) is 30.4 Å². The summed E-state index contributed by atoms with van der Waals surface area (Å²) in [6.07, 6.45) is 2.21. The van der Waals surface area contributed by atoms with Crippen LogP contribution in [0.2, 0.25) is 0 Å². The molecule has 166 valence electrons. The molecule has 31 heavy (non-hydrogen) atoms. The zero-order valence-electron chi connectivity index (χ0n) is 17.6. The molecule has 0 aliphatic carbocycles. The van der Waals surface area contributed by atoms with Gasteiger partial charge in [0, 0.05) is 44.9 Å². The Bertz CT molecular complexity index is 1070. The van der Waals surface area contributed by atoms with Gasteiger partial charge in [-0.2, -0.15) is 0 Å².